The van der Waals surface area contributed by atoms with E-state index in [4.69, 9.17) is 11.6 Å². The molecule has 34 heavy (non-hydrogen) atoms. The van der Waals surface area contributed by atoms with E-state index >= 15 is 0 Å². The van der Waals surface area contributed by atoms with E-state index in [9.17, 15) is 19.5 Å². The van der Waals surface area contributed by atoms with Crippen molar-refractivity contribution < 1.29 is 19.5 Å². The van der Waals surface area contributed by atoms with E-state index in [2.05, 4.69) is 17.3 Å². The summed E-state index contributed by atoms with van der Waals surface area (Å²) >= 11 is 0.826. The number of carbonyl (C=O) groups excluding carboxylic acids is 3. The van der Waals surface area contributed by atoms with Crippen molar-refractivity contribution >= 4 is 46.8 Å². The fourth-order valence-electron chi connectivity index (χ4n) is 3.08. The number of amidine groups is 1. The van der Waals surface area contributed by atoms with Gasteiger partial charge in [0.25, 0.3) is 5.91 Å². The van der Waals surface area contributed by atoms with Gasteiger partial charge >= 0.3 is 0 Å². The first-order valence-corrected chi connectivity index (χ1v) is 11.5. The molecular weight excluding hydrogens is 454 g/mol. The Hall–Kier alpha value is -3.79. The molecule has 180 valence electrons. The summed E-state index contributed by atoms with van der Waals surface area (Å²) in [5.41, 5.74) is 8.87. The third-order valence-corrected chi connectivity index (χ3v) is 5.65. The standard InChI is InChI=1S/C24H29N5O4S/c1-3-16-6-8-17(9-7-16)13-21(34-15-30)24(33)29(2)12-4-5-22(32)27-18-10-11-19(20(31)14-18)23(25)28-26/h6-11,13-15,31H,3-5,12,26H2,1-2H3,(H2,25,28)(H,27,32)/b21-13-. The zero-order valence-electron chi connectivity index (χ0n) is 19.2. The van der Waals surface area contributed by atoms with Crippen LogP contribution in [0.1, 0.15) is 36.5 Å². The van der Waals surface area contributed by atoms with Crippen LogP contribution in [0.25, 0.3) is 6.08 Å². The van der Waals surface area contributed by atoms with Gasteiger partial charge in [0.05, 0.1) is 10.5 Å². The minimum absolute atomic E-state index is 0.0257. The number of aryl methyl sites for hydroxylation is 1. The highest BCUT2D eigenvalue weighted by Gasteiger charge is 2.16. The number of thioether (sulfide) groups is 1. The van der Waals surface area contributed by atoms with Gasteiger partial charge in [-0.05, 0) is 53.9 Å². The molecule has 0 aliphatic heterocycles. The molecule has 0 atom stereocenters. The molecule has 0 spiro atoms. The van der Waals surface area contributed by atoms with Crippen LogP contribution in [0.4, 0.5) is 5.69 Å². The van der Waals surface area contributed by atoms with Crippen LogP contribution in [0, 0.1) is 0 Å². The number of hydrogen-bond donors (Lipinski definition) is 4. The van der Waals surface area contributed by atoms with Gasteiger partial charge in [-0.25, -0.2) is 0 Å². The Labute approximate surface area is 202 Å². The molecule has 0 unspecified atom stereocenters. The summed E-state index contributed by atoms with van der Waals surface area (Å²) in [5, 5.41) is 16.0. The Morgan fingerprint density at radius 2 is 1.91 bits per heavy atom. The summed E-state index contributed by atoms with van der Waals surface area (Å²) in [5.74, 6) is 4.35. The predicted octanol–water partition coefficient (Wildman–Crippen LogP) is 2.68. The molecule has 10 heteroatoms. The van der Waals surface area contributed by atoms with Crippen LogP contribution in [-0.2, 0) is 20.8 Å². The molecule has 0 saturated heterocycles. The van der Waals surface area contributed by atoms with Crippen molar-refractivity contribution in [2.75, 3.05) is 18.9 Å². The second kappa shape index (κ2) is 13.0. The van der Waals surface area contributed by atoms with Crippen LogP contribution in [0.3, 0.4) is 0 Å². The lowest BCUT2D eigenvalue weighted by molar-refractivity contribution is -0.125. The number of aromatic hydroxyl groups is 1. The Morgan fingerprint density at radius 1 is 1.21 bits per heavy atom. The van der Waals surface area contributed by atoms with E-state index in [1.54, 1.807) is 19.2 Å². The Bertz CT molecular complexity index is 1080. The highest BCUT2D eigenvalue weighted by atomic mass is 32.2. The number of nitrogens with two attached hydrogens (primary N) is 2. The summed E-state index contributed by atoms with van der Waals surface area (Å²) in [6, 6.07) is 12.2. The molecule has 0 fully saturated rings. The minimum atomic E-state index is -0.295. The Morgan fingerprint density at radius 3 is 2.50 bits per heavy atom. The summed E-state index contributed by atoms with van der Waals surface area (Å²) in [4.78, 5) is 37.9. The highest BCUT2D eigenvalue weighted by Crippen LogP contribution is 2.22. The number of benzene rings is 2. The van der Waals surface area contributed by atoms with Crippen molar-refractivity contribution in [3.05, 3.63) is 64.1 Å². The van der Waals surface area contributed by atoms with Crippen molar-refractivity contribution in [2.24, 2.45) is 16.7 Å². The lowest BCUT2D eigenvalue weighted by atomic mass is 10.1. The largest absolute Gasteiger partial charge is 0.507 e. The summed E-state index contributed by atoms with van der Waals surface area (Å²) < 4.78 is 0. The van der Waals surface area contributed by atoms with Crippen LogP contribution in [-0.4, -0.2) is 46.9 Å². The van der Waals surface area contributed by atoms with Gasteiger partial charge in [-0.3, -0.25) is 14.4 Å². The molecule has 6 N–H and O–H groups in total. The zero-order valence-corrected chi connectivity index (χ0v) is 20.0. The maximum Gasteiger partial charge on any atom is 0.260 e. The number of phenolic OH excluding ortho intramolecular Hbond substituents is 1. The number of phenols is 1. The second-order valence-electron chi connectivity index (χ2n) is 7.44. The van der Waals surface area contributed by atoms with Crippen LogP contribution in [0.15, 0.2) is 52.5 Å². The van der Waals surface area contributed by atoms with Crippen LogP contribution >= 0.6 is 11.8 Å². The number of likely N-dealkylation sites (N-methyl/N-ethyl adjacent to an activating group) is 1. The number of anilines is 1. The average molecular weight is 484 g/mol. The molecule has 0 radical (unpaired) electrons. The molecule has 0 bridgehead atoms. The van der Waals surface area contributed by atoms with Gasteiger partial charge in [-0.15, -0.1) is 0 Å². The van der Waals surface area contributed by atoms with Crippen LogP contribution < -0.4 is 16.9 Å². The molecule has 2 aromatic carbocycles. The third-order valence-electron chi connectivity index (χ3n) is 5.01. The maximum atomic E-state index is 12.8. The molecule has 0 heterocycles. The van der Waals surface area contributed by atoms with Gasteiger partial charge in [0.15, 0.2) is 11.5 Å². The summed E-state index contributed by atoms with van der Waals surface area (Å²) in [7, 11) is 1.62. The molecule has 0 aliphatic rings. The fourth-order valence-corrected chi connectivity index (χ4v) is 3.65. The third kappa shape index (κ3) is 7.66. The minimum Gasteiger partial charge on any atom is -0.507 e. The van der Waals surface area contributed by atoms with Gasteiger partial charge in [0.2, 0.25) is 5.91 Å². The molecule has 0 saturated carbocycles. The number of rotatable bonds is 11. The van der Waals surface area contributed by atoms with Gasteiger partial charge in [0.1, 0.15) is 5.75 Å². The smallest absolute Gasteiger partial charge is 0.260 e. The molecule has 0 aromatic heterocycles. The van der Waals surface area contributed by atoms with E-state index in [0.717, 1.165) is 23.7 Å². The number of amides is 2. The van der Waals surface area contributed by atoms with E-state index in [0.29, 0.717) is 29.2 Å². The molecule has 2 amide bonds. The highest BCUT2D eigenvalue weighted by molar-refractivity contribution is 8.16. The second-order valence-corrected chi connectivity index (χ2v) is 8.31. The number of nitrogens with one attached hydrogen (secondary N) is 1. The fraction of sp³-hybridized carbons (Fsp3) is 0.250. The molecule has 0 aliphatic carbocycles. The number of hydrazone groups is 1. The van der Waals surface area contributed by atoms with Gasteiger partial charge in [-0.1, -0.05) is 31.2 Å². The van der Waals surface area contributed by atoms with Crippen molar-refractivity contribution in [2.45, 2.75) is 26.2 Å². The van der Waals surface area contributed by atoms with E-state index in [1.807, 2.05) is 24.3 Å². The van der Waals surface area contributed by atoms with Crippen LogP contribution in [0.2, 0.25) is 0 Å². The van der Waals surface area contributed by atoms with Crippen molar-refractivity contribution in [3.8, 4) is 5.75 Å². The lowest BCUT2D eigenvalue weighted by Gasteiger charge is -2.18. The Balaban J connectivity index is 1.92. The lowest BCUT2D eigenvalue weighted by Crippen LogP contribution is -2.29. The van der Waals surface area contributed by atoms with Gasteiger partial charge in [-0.2, -0.15) is 5.10 Å². The van der Waals surface area contributed by atoms with E-state index in [1.165, 1.54) is 22.6 Å². The van der Waals surface area contributed by atoms with Crippen molar-refractivity contribution in [1.82, 2.24) is 4.90 Å². The molecule has 9 nitrogen and oxygen atoms in total. The number of nitrogens with zero attached hydrogens (tertiary/aromatic N) is 2. The monoisotopic (exact) mass is 483 g/mol. The topological polar surface area (TPSA) is 151 Å². The summed E-state index contributed by atoms with van der Waals surface area (Å²) in [6.45, 7) is 2.39. The van der Waals surface area contributed by atoms with E-state index in [-0.39, 0.29) is 35.4 Å². The number of carbonyl (C=O) groups is 3. The molecule has 2 rings (SSSR count). The first-order chi connectivity index (χ1) is 16.3. The number of hydrogen-bond acceptors (Lipinski definition) is 7. The molecular formula is C24H29N5O4S. The predicted molar refractivity (Wildman–Crippen MR) is 137 cm³/mol. The van der Waals surface area contributed by atoms with Gasteiger partial charge < -0.3 is 26.9 Å². The maximum absolute atomic E-state index is 12.8. The van der Waals surface area contributed by atoms with Crippen LogP contribution in [0.5, 0.6) is 5.75 Å². The summed E-state index contributed by atoms with van der Waals surface area (Å²) in [6.07, 6.45) is 3.17. The zero-order chi connectivity index (χ0) is 25.1. The SMILES string of the molecule is CCc1ccc(/C=C(\SC=O)C(=O)N(C)CCCC(=O)Nc2ccc(/C(N)=N/N)c(O)c2)cc1. The van der Waals surface area contributed by atoms with E-state index < -0.39 is 0 Å². The van der Waals surface area contributed by atoms with Crippen molar-refractivity contribution in [1.29, 1.82) is 0 Å². The Kier molecular flexibility index (Phi) is 10.2. The first kappa shape index (κ1) is 26.5. The quantitative estimate of drug-likeness (QED) is 0.0958. The van der Waals surface area contributed by atoms with Gasteiger partial charge in [0, 0.05) is 31.8 Å². The normalized spacial score (nSPS) is 11.7. The average Bonchev–Trinajstić information content (AvgIpc) is 2.83. The molecule has 2 aromatic rings. The van der Waals surface area contributed by atoms with Crippen molar-refractivity contribution in [3.63, 3.8) is 0 Å². The first-order valence-electron chi connectivity index (χ1n) is 10.6.